The predicted molar refractivity (Wildman–Crippen MR) is 110 cm³/mol. The molecule has 10 heteroatoms. The topological polar surface area (TPSA) is 140 Å². The van der Waals surface area contributed by atoms with Crippen LogP contribution in [0.15, 0.2) is 30.3 Å². The van der Waals surface area contributed by atoms with Gasteiger partial charge in [-0.2, -0.15) is 0 Å². The number of aliphatic hydroxyl groups excluding tert-OH is 1. The average molecular weight is 438 g/mol. The summed E-state index contributed by atoms with van der Waals surface area (Å²) in [4.78, 5) is 48.2. The Labute approximate surface area is 181 Å². The van der Waals surface area contributed by atoms with Gasteiger partial charge < -0.3 is 30.0 Å². The van der Waals surface area contributed by atoms with E-state index in [2.05, 4.69) is 15.4 Å². The van der Waals surface area contributed by atoms with Crippen molar-refractivity contribution in [1.29, 1.82) is 0 Å². The number of carbonyl (C=O) groups is 4. The third-order valence-electron chi connectivity index (χ3n) is 3.86. The zero-order valence-corrected chi connectivity index (χ0v) is 18.2. The fraction of sp³-hybridized carbons (Fsp3) is 0.524. The van der Waals surface area contributed by atoms with Gasteiger partial charge in [0.1, 0.15) is 18.2 Å². The Kier molecular flexibility index (Phi) is 10.5. The highest BCUT2D eigenvalue weighted by atomic mass is 16.6. The molecule has 0 aromatic heterocycles. The molecule has 2 amide bonds. The number of methoxy groups -OCH3 is 1. The molecule has 0 aliphatic heterocycles. The number of alkyl carbamates (subject to hydrolysis) is 1. The summed E-state index contributed by atoms with van der Waals surface area (Å²) in [5, 5.41) is 13.9. The number of nitrogens with one attached hydrogen (secondary N) is 2. The van der Waals surface area contributed by atoms with Crippen molar-refractivity contribution in [2.75, 3.05) is 13.7 Å². The summed E-state index contributed by atoms with van der Waals surface area (Å²) in [7, 11) is 1.13. The third kappa shape index (κ3) is 10.4. The molecule has 1 aromatic carbocycles. The molecule has 2 atom stereocenters. The number of rotatable bonds is 10. The van der Waals surface area contributed by atoms with Crippen LogP contribution in [0.3, 0.4) is 0 Å². The lowest BCUT2D eigenvalue weighted by molar-refractivity contribution is -0.157. The Morgan fingerprint density at radius 3 is 2.19 bits per heavy atom. The molecule has 0 heterocycles. The quantitative estimate of drug-likeness (QED) is 0.364. The summed E-state index contributed by atoms with van der Waals surface area (Å²) in [5.41, 5.74) is -0.0382. The molecule has 1 aromatic rings. The minimum absolute atomic E-state index is 0.00546. The second kappa shape index (κ2) is 12.5. The Morgan fingerprint density at radius 2 is 1.65 bits per heavy atom. The van der Waals surface area contributed by atoms with Gasteiger partial charge in [-0.15, -0.1) is 0 Å². The van der Waals surface area contributed by atoms with Crippen LogP contribution in [-0.4, -0.2) is 60.4 Å². The maximum absolute atomic E-state index is 12.5. The van der Waals surface area contributed by atoms with E-state index in [9.17, 15) is 24.3 Å². The molecule has 0 aliphatic carbocycles. The highest BCUT2D eigenvalue weighted by Crippen LogP contribution is 2.11. The lowest BCUT2D eigenvalue weighted by Gasteiger charge is -2.24. The van der Waals surface area contributed by atoms with Crippen LogP contribution in [0.25, 0.3) is 0 Å². The van der Waals surface area contributed by atoms with E-state index in [-0.39, 0.29) is 19.4 Å². The van der Waals surface area contributed by atoms with Gasteiger partial charge in [-0.05, 0) is 32.8 Å². The molecule has 0 aliphatic rings. The van der Waals surface area contributed by atoms with Crippen molar-refractivity contribution in [3.8, 4) is 0 Å². The Hall–Kier alpha value is -3.14. The van der Waals surface area contributed by atoms with Crippen LogP contribution in [0.5, 0.6) is 0 Å². The SMILES string of the molecule is COC(=O)C(CO)NC(=O)CCC(NC(=O)OCc1ccccc1)C(=O)OC(C)(C)C. The fourth-order valence-electron chi connectivity index (χ4n) is 2.39. The minimum Gasteiger partial charge on any atom is -0.467 e. The summed E-state index contributed by atoms with van der Waals surface area (Å²) in [6.07, 6.45) is -1.18. The van der Waals surface area contributed by atoms with Crippen LogP contribution >= 0.6 is 0 Å². The molecular formula is C21H30N2O8. The Balaban J connectivity index is 2.70. The van der Waals surface area contributed by atoms with Crippen molar-refractivity contribution >= 4 is 23.9 Å². The lowest BCUT2D eigenvalue weighted by Crippen LogP contribution is -2.47. The van der Waals surface area contributed by atoms with Gasteiger partial charge in [0.05, 0.1) is 13.7 Å². The molecule has 10 nitrogen and oxygen atoms in total. The second-order valence-corrected chi connectivity index (χ2v) is 7.66. The first-order chi connectivity index (χ1) is 14.6. The highest BCUT2D eigenvalue weighted by molar-refractivity contribution is 5.86. The number of benzene rings is 1. The predicted octanol–water partition coefficient (Wildman–Crippen LogP) is 1.05. The number of hydrogen-bond donors (Lipinski definition) is 3. The summed E-state index contributed by atoms with van der Waals surface area (Å²) in [5.74, 6) is -2.15. The van der Waals surface area contributed by atoms with Gasteiger partial charge in [0.2, 0.25) is 5.91 Å². The summed E-state index contributed by atoms with van der Waals surface area (Å²) < 4.78 is 14.9. The molecular weight excluding hydrogens is 408 g/mol. The van der Waals surface area contributed by atoms with Gasteiger partial charge in [-0.1, -0.05) is 30.3 Å². The number of amides is 2. The van der Waals surface area contributed by atoms with Gasteiger partial charge in [0.15, 0.2) is 6.04 Å². The van der Waals surface area contributed by atoms with Gasteiger partial charge in [0.25, 0.3) is 0 Å². The molecule has 31 heavy (non-hydrogen) atoms. The molecule has 1 rings (SSSR count). The van der Waals surface area contributed by atoms with Gasteiger partial charge in [0, 0.05) is 6.42 Å². The largest absolute Gasteiger partial charge is 0.467 e. The van der Waals surface area contributed by atoms with E-state index in [4.69, 9.17) is 9.47 Å². The minimum atomic E-state index is -1.22. The Morgan fingerprint density at radius 1 is 1.00 bits per heavy atom. The Bertz CT molecular complexity index is 745. The second-order valence-electron chi connectivity index (χ2n) is 7.66. The average Bonchev–Trinajstić information content (AvgIpc) is 2.72. The van der Waals surface area contributed by atoms with E-state index in [0.717, 1.165) is 12.7 Å². The summed E-state index contributed by atoms with van der Waals surface area (Å²) in [6, 6.07) is 6.61. The van der Waals surface area contributed by atoms with Gasteiger partial charge in [-0.3, -0.25) is 4.79 Å². The summed E-state index contributed by atoms with van der Waals surface area (Å²) in [6.45, 7) is 4.38. The zero-order valence-electron chi connectivity index (χ0n) is 18.2. The molecule has 0 saturated heterocycles. The van der Waals surface area contributed by atoms with E-state index in [1.807, 2.05) is 6.07 Å². The summed E-state index contributed by atoms with van der Waals surface area (Å²) >= 11 is 0. The molecule has 0 bridgehead atoms. The lowest BCUT2D eigenvalue weighted by atomic mass is 10.1. The van der Waals surface area contributed by atoms with Crippen molar-refractivity contribution in [3.63, 3.8) is 0 Å². The van der Waals surface area contributed by atoms with Crippen LogP contribution in [0, 0.1) is 0 Å². The van der Waals surface area contributed by atoms with Crippen molar-refractivity contribution in [1.82, 2.24) is 10.6 Å². The zero-order chi connectivity index (χ0) is 23.4. The van der Waals surface area contributed by atoms with Crippen LogP contribution < -0.4 is 10.6 Å². The highest BCUT2D eigenvalue weighted by Gasteiger charge is 2.28. The molecule has 0 radical (unpaired) electrons. The van der Waals surface area contributed by atoms with Crippen molar-refractivity contribution in [3.05, 3.63) is 35.9 Å². The molecule has 0 fully saturated rings. The maximum Gasteiger partial charge on any atom is 0.408 e. The van der Waals surface area contributed by atoms with Crippen LogP contribution in [-0.2, 0) is 35.2 Å². The first kappa shape index (κ1) is 25.9. The third-order valence-corrected chi connectivity index (χ3v) is 3.86. The number of esters is 2. The van der Waals surface area contributed by atoms with E-state index in [0.29, 0.717) is 0 Å². The van der Waals surface area contributed by atoms with Crippen LogP contribution in [0.4, 0.5) is 4.79 Å². The van der Waals surface area contributed by atoms with Gasteiger partial charge in [-0.25, -0.2) is 14.4 Å². The monoisotopic (exact) mass is 438 g/mol. The van der Waals surface area contributed by atoms with Crippen molar-refractivity contribution in [2.24, 2.45) is 0 Å². The number of aliphatic hydroxyl groups is 1. The van der Waals surface area contributed by atoms with Crippen molar-refractivity contribution in [2.45, 2.75) is 57.9 Å². The number of ether oxygens (including phenoxy) is 3. The van der Waals surface area contributed by atoms with Crippen molar-refractivity contribution < 1.29 is 38.5 Å². The molecule has 3 N–H and O–H groups in total. The fourth-order valence-corrected chi connectivity index (χ4v) is 2.39. The van der Waals surface area contributed by atoms with E-state index < -0.39 is 48.2 Å². The van der Waals surface area contributed by atoms with E-state index in [1.165, 1.54) is 0 Å². The molecule has 0 spiro atoms. The first-order valence-corrected chi connectivity index (χ1v) is 9.74. The van der Waals surface area contributed by atoms with E-state index >= 15 is 0 Å². The van der Waals surface area contributed by atoms with Crippen LogP contribution in [0.1, 0.15) is 39.2 Å². The maximum atomic E-state index is 12.5. The van der Waals surface area contributed by atoms with E-state index in [1.54, 1.807) is 45.0 Å². The number of hydrogen-bond acceptors (Lipinski definition) is 8. The van der Waals surface area contributed by atoms with Gasteiger partial charge >= 0.3 is 18.0 Å². The first-order valence-electron chi connectivity index (χ1n) is 9.74. The molecule has 172 valence electrons. The standard InChI is InChI=1S/C21H30N2O8/c1-21(2,3)31-19(27)15(10-11-17(25)22-16(12-24)18(26)29-4)23-20(28)30-13-14-8-6-5-7-9-14/h5-9,15-16,24H,10-13H2,1-4H3,(H,22,25)(H,23,28). The molecule has 0 saturated carbocycles. The number of carbonyl (C=O) groups excluding carboxylic acids is 4. The van der Waals surface area contributed by atoms with Crippen LogP contribution in [0.2, 0.25) is 0 Å². The normalized spacial score (nSPS) is 12.8. The smallest absolute Gasteiger partial charge is 0.408 e. The molecule has 2 unspecified atom stereocenters.